The van der Waals surface area contributed by atoms with Crippen LogP contribution in [0.4, 0.5) is 10.5 Å². The predicted molar refractivity (Wildman–Crippen MR) is 115 cm³/mol. The lowest BCUT2D eigenvalue weighted by Crippen LogP contribution is -2.36. The normalized spacial score (nSPS) is 16.8. The number of rotatable bonds is 4. The first-order chi connectivity index (χ1) is 14.4. The molecule has 1 saturated heterocycles. The van der Waals surface area contributed by atoms with Crippen LogP contribution in [0.25, 0.3) is 6.08 Å². The molecule has 2 heterocycles. The number of imide groups is 1. The van der Waals surface area contributed by atoms with Gasteiger partial charge in [0.15, 0.2) is 11.5 Å². The van der Waals surface area contributed by atoms with Crippen molar-refractivity contribution in [1.29, 1.82) is 0 Å². The van der Waals surface area contributed by atoms with Gasteiger partial charge >= 0.3 is 0 Å². The van der Waals surface area contributed by atoms with E-state index in [2.05, 4.69) is 21.2 Å². The molecule has 2 aromatic rings. The standard InChI is InChI=1S/C20H15BrN2O6S/c21-13-7-11(1-3-14(13)24)8-17-19(26)23(20(27)30-17)10-18(25)22-12-2-4-15-16(9-12)29-6-5-28-15/h1-4,7-9,24H,5-6,10H2,(H,22,25)/b17-8+. The highest BCUT2D eigenvalue weighted by molar-refractivity contribution is 9.10. The summed E-state index contributed by atoms with van der Waals surface area (Å²) < 4.78 is 11.4. The second kappa shape index (κ2) is 8.41. The van der Waals surface area contributed by atoms with Gasteiger partial charge in [-0.25, -0.2) is 0 Å². The van der Waals surface area contributed by atoms with E-state index in [1.54, 1.807) is 30.3 Å². The van der Waals surface area contributed by atoms with Gasteiger partial charge in [0, 0.05) is 11.8 Å². The number of nitrogens with one attached hydrogen (secondary N) is 1. The Labute approximate surface area is 184 Å². The average molecular weight is 491 g/mol. The summed E-state index contributed by atoms with van der Waals surface area (Å²) in [7, 11) is 0. The summed E-state index contributed by atoms with van der Waals surface area (Å²) in [5, 5.41) is 11.7. The lowest BCUT2D eigenvalue weighted by molar-refractivity contribution is -0.127. The molecule has 8 nitrogen and oxygen atoms in total. The summed E-state index contributed by atoms with van der Waals surface area (Å²) in [6, 6.07) is 9.68. The minimum atomic E-state index is -0.550. The van der Waals surface area contributed by atoms with Crippen LogP contribution in [0.2, 0.25) is 0 Å². The van der Waals surface area contributed by atoms with E-state index in [-0.39, 0.29) is 10.7 Å². The molecule has 0 saturated carbocycles. The Hall–Kier alpha value is -2.98. The van der Waals surface area contributed by atoms with Crippen molar-refractivity contribution >= 4 is 56.5 Å². The number of phenolic OH excluding ortho intramolecular Hbond substituents is 1. The summed E-state index contributed by atoms with van der Waals surface area (Å²) in [5.74, 6) is 0.120. The Morgan fingerprint density at radius 2 is 1.93 bits per heavy atom. The number of fused-ring (bicyclic) bond motifs is 1. The molecule has 2 aromatic carbocycles. The molecule has 2 N–H and O–H groups in total. The average Bonchev–Trinajstić information content (AvgIpc) is 2.98. The highest BCUT2D eigenvalue weighted by atomic mass is 79.9. The van der Waals surface area contributed by atoms with Gasteiger partial charge < -0.3 is 19.9 Å². The molecule has 0 unspecified atom stereocenters. The van der Waals surface area contributed by atoms with Crippen molar-refractivity contribution < 1.29 is 29.0 Å². The summed E-state index contributed by atoms with van der Waals surface area (Å²) in [4.78, 5) is 38.3. The number of benzene rings is 2. The number of nitrogens with zero attached hydrogens (tertiary/aromatic N) is 1. The molecule has 30 heavy (non-hydrogen) atoms. The van der Waals surface area contributed by atoms with Crippen LogP contribution >= 0.6 is 27.7 Å². The fraction of sp³-hybridized carbons (Fsp3) is 0.150. The molecule has 154 valence electrons. The van der Waals surface area contributed by atoms with E-state index in [1.165, 1.54) is 12.1 Å². The smallest absolute Gasteiger partial charge is 0.294 e. The van der Waals surface area contributed by atoms with Gasteiger partial charge in [-0.05, 0) is 63.6 Å². The summed E-state index contributed by atoms with van der Waals surface area (Å²) in [5.41, 5.74) is 1.10. The minimum Gasteiger partial charge on any atom is -0.507 e. The molecule has 1 fully saturated rings. The van der Waals surface area contributed by atoms with Crippen molar-refractivity contribution in [2.75, 3.05) is 25.1 Å². The van der Waals surface area contributed by atoms with E-state index in [4.69, 9.17) is 9.47 Å². The second-order valence-corrected chi connectivity index (χ2v) is 8.23. The second-order valence-electron chi connectivity index (χ2n) is 6.39. The zero-order valence-electron chi connectivity index (χ0n) is 15.4. The van der Waals surface area contributed by atoms with Crippen molar-refractivity contribution in [2.24, 2.45) is 0 Å². The number of carbonyl (C=O) groups is 3. The number of ether oxygens (including phenoxy) is 2. The number of halogens is 1. The first-order valence-electron chi connectivity index (χ1n) is 8.84. The quantitative estimate of drug-likeness (QED) is 0.630. The van der Waals surface area contributed by atoms with Crippen molar-refractivity contribution in [3.63, 3.8) is 0 Å². The molecule has 0 aromatic heterocycles. The molecule has 10 heteroatoms. The maximum absolute atomic E-state index is 12.6. The highest BCUT2D eigenvalue weighted by Crippen LogP contribution is 2.34. The number of phenols is 1. The van der Waals surface area contributed by atoms with Gasteiger partial charge in [-0.15, -0.1) is 0 Å². The molecule has 0 atom stereocenters. The number of amides is 3. The minimum absolute atomic E-state index is 0.0658. The highest BCUT2D eigenvalue weighted by Gasteiger charge is 2.36. The van der Waals surface area contributed by atoms with E-state index in [0.717, 1.165) is 16.7 Å². The third-order valence-electron chi connectivity index (χ3n) is 4.27. The number of hydrogen-bond donors (Lipinski definition) is 2. The van der Waals surface area contributed by atoms with Gasteiger partial charge in [0.25, 0.3) is 11.1 Å². The van der Waals surface area contributed by atoms with E-state index in [0.29, 0.717) is 40.4 Å². The number of carbonyl (C=O) groups excluding carboxylic acids is 3. The lowest BCUT2D eigenvalue weighted by atomic mass is 10.2. The Morgan fingerprint density at radius 3 is 2.70 bits per heavy atom. The molecule has 3 amide bonds. The van der Waals surface area contributed by atoms with Crippen molar-refractivity contribution in [1.82, 2.24) is 4.90 Å². The molecular formula is C20H15BrN2O6S. The predicted octanol–water partition coefficient (Wildman–Crippen LogP) is 3.60. The SMILES string of the molecule is O=C(CN1C(=O)S/C(=C/c2ccc(O)c(Br)c2)C1=O)Nc1ccc2c(c1)OCCO2. The Bertz CT molecular complexity index is 1090. The summed E-state index contributed by atoms with van der Waals surface area (Å²) >= 11 is 3.96. The van der Waals surface area contributed by atoms with Crippen LogP contribution < -0.4 is 14.8 Å². The van der Waals surface area contributed by atoms with Gasteiger partial charge in [0.05, 0.1) is 9.38 Å². The Morgan fingerprint density at radius 1 is 1.17 bits per heavy atom. The molecular weight excluding hydrogens is 476 g/mol. The van der Waals surface area contributed by atoms with Gasteiger partial charge in [0.2, 0.25) is 5.91 Å². The van der Waals surface area contributed by atoms with Gasteiger partial charge in [-0.3, -0.25) is 19.3 Å². The lowest BCUT2D eigenvalue weighted by Gasteiger charge is -2.19. The van der Waals surface area contributed by atoms with Gasteiger partial charge in [-0.2, -0.15) is 0 Å². The van der Waals surface area contributed by atoms with E-state index < -0.39 is 23.6 Å². The van der Waals surface area contributed by atoms with Crippen LogP contribution in [-0.2, 0) is 9.59 Å². The van der Waals surface area contributed by atoms with Crippen LogP contribution in [0.15, 0.2) is 45.8 Å². The third-order valence-corrected chi connectivity index (χ3v) is 5.81. The molecule has 2 aliphatic heterocycles. The van der Waals surface area contributed by atoms with Crippen molar-refractivity contribution in [3.05, 3.63) is 51.3 Å². The van der Waals surface area contributed by atoms with Gasteiger partial charge in [0.1, 0.15) is 25.5 Å². The first kappa shape index (κ1) is 20.3. The van der Waals surface area contributed by atoms with Crippen LogP contribution in [0, 0.1) is 0 Å². The number of anilines is 1. The fourth-order valence-corrected chi connectivity index (χ4v) is 4.10. The molecule has 0 bridgehead atoms. The number of hydrogen-bond acceptors (Lipinski definition) is 7. The third kappa shape index (κ3) is 4.29. The topological polar surface area (TPSA) is 105 Å². The molecule has 0 radical (unpaired) electrons. The molecule has 4 rings (SSSR count). The zero-order valence-corrected chi connectivity index (χ0v) is 17.8. The number of aromatic hydroxyl groups is 1. The van der Waals surface area contributed by atoms with Crippen LogP contribution in [0.1, 0.15) is 5.56 Å². The van der Waals surface area contributed by atoms with Crippen molar-refractivity contribution in [3.8, 4) is 17.2 Å². The fourth-order valence-electron chi connectivity index (χ4n) is 2.87. The van der Waals surface area contributed by atoms with E-state index in [1.807, 2.05) is 0 Å². The van der Waals surface area contributed by atoms with Crippen LogP contribution in [0.3, 0.4) is 0 Å². The molecule has 0 aliphatic carbocycles. The van der Waals surface area contributed by atoms with Crippen molar-refractivity contribution in [2.45, 2.75) is 0 Å². The van der Waals surface area contributed by atoms with E-state index in [9.17, 15) is 19.5 Å². The monoisotopic (exact) mass is 490 g/mol. The van der Waals surface area contributed by atoms with E-state index >= 15 is 0 Å². The summed E-state index contributed by atoms with van der Waals surface area (Å²) in [6.07, 6.45) is 1.54. The Balaban J connectivity index is 1.43. The zero-order chi connectivity index (χ0) is 21.3. The molecule has 0 spiro atoms. The summed E-state index contributed by atoms with van der Waals surface area (Å²) in [6.45, 7) is 0.480. The Kier molecular flexibility index (Phi) is 5.69. The molecule has 2 aliphatic rings. The largest absolute Gasteiger partial charge is 0.507 e. The van der Waals surface area contributed by atoms with Crippen LogP contribution in [0.5, 0.6) is 17.2 Å². The van der Waals surface area contributed by atoms with Crippen LogP contribution in [-0.4, -0.2) is 46.8 Å². The first-order valence-corrected chi connectivity index (χ1v) is 10.4. The van der Waals surface area contributed by atoms with Gasteiger partial charge in [-0.1, -0.05) is 6.07 Å². The maximum Gasteiger partial charge on any atom is 0.294 e. The maximum atomic E-state index is 12.6. The number of thioether (sulfide) groups is 1.